The van der Waals surface area contributed by atoms with Crippen molar-refractivity contribution in [1.82, 2.24) is 9.13 Å². The summed E-state index contributed by atoms with van der Waals surface area (Å²) >= 11 is 13.9. The lowest BCUT2D eigenvalue weighted by atomic mass is 9.95. The molecule has 6 rings (SSSR count). The molecule has 46 heavy (non-hydrogen) atoms. The van der Waals surface area contributed by atoms with Crippen molar-refractivity contribution >= 4 is 57.5 Å². The fourth-order valence-corrected chi connectivity index (χ4v) is 7.24. The molecule has 0 spiro atoms. The number of hydrogen-bond donors (Lipinski definition) is 0. The Morgan fingerprint density at radius 3 is 2.59 bits per heavy atom. The number of ether oxygens (including phenoxy) is 3. The number of thiazole rings is 1. The normalized spacial score (nSPS) is 14.7. The largest absolute Gasteiger partial charge is 0.493 e. The van der Waals surface area contributed by atoms with Gasteiger partial charge in [0.25, 0.3) is 5.56 Å². The average Bonchev–Trinajstić information content (AvgIpc) is 3.54. The van der Waals surface area contributed by atoms with Gasteiger partial charge in [0.2, 0.25) is 0 Å². The third-order valence-electron chi connectivity index (χ3n) is 7.78. The van der Waals surface area contributed by atoms with Crippen LogP contribution in [0.25, 0.3) is 17.0 Å². The van der Waals surface area contributed by atoms with Gasteiger partial charge >= 0.3 is 5.97 Å². The van der Waals surface area contributed by atoms with E-state index in [1.165, 1.54) is 11.3 Å². The predicted molar refractivity (Wildman–Crippen MR) is 182 cm³/mol. The summed E-state index contributed by atoms with van der Waals surface area (Å²) in [5, 5.41) is 2.14. The molecule has 0 unspecified atom stereocenters. The quantitative estimate of drug-likeness (QED) is 0.166. The van der Waals surface area contributed by atoms with E-state index in [2.05, 4.69) is 4.57 Å². The summed E-state index contributed by atoms with van der Waals surface area (Å²) < 4.78 is 20.9. The number of carbonyl (C=O) groups is 1. The van der Waals surface area contributed by atoms with Gasteiger partial charge in [0.1, 0.15) is 0 Å². The molecule has 5 aromatic rings. The van der Waals surface area contributed by atoms with Crippen molar-refractivity contribution in [3.05, 3.63) is 125 Å². The van der Waals surface area contributed by atoms with Crippen LogP contribution in [0.4, 0.5) is 0 Å². The number of esters is 1. The fourth-order valence-electron chi connectivity index (χ4n) is 5.73. The maximum atomic E-state index is 14.3. The average molecular weight is 677 g/mol. The van der Waals surface area contributed by atoms with Crippen molar-refractivity contribution in [2.75, 3.05) is 20.3 Å². The Morgan fingerprint density at radius 2 is 1.85 bits per heavy atom. The van der Waals surface area contributed by atoms with Crippen LogP contribution in [0.15, 0.2) is 87.9 Å². The molecule has 0 saturated heterocycles. The van der Waals surface area contributed by atoms with Crippen molar-refractivity contribution in [3.63, 3.8) is 0 Å². The molecule has 0 amide bonds. The number of rotatable bonds is 9. The Hall–Kier alpha value is -4.31. The molecule has 11 heteroatoms. The van der Waals surface area contributed by atoms with Gasteiger partial charge in [-0.25, -0.2) is 9.79 Å². The van der Waals surface area contributed by atoms with E-state index in [9.17, 15) is 9.59 Å². The second-order valence-corrected chi connectivity index (χ2v) is 12.5. The maximum absolute atomic E-state index is 14.3. The van der Waals surface area contributed by atoms with E-state index < -0.39 is 12.0 Å². The molecule has 0 radical (unpaired) electrons. The zero-order valence-corrected chi connectivity index (χ0v) is 28.0. The number of allylic oxidation sites excluding steroid dienone is 1. The number of hydrogen-bond acceptors (Lipinski definition) is 7. The molecule has 0 N–H and O–H groups in total. The lowest BCUT2D eigenvalue weighted by Gasteiger charge is -2.25. The summed E-state index contributed by atoms with van der Waals surface area (Å²) in [7, 11) is 1.57. The highest BCUT2D eigenvalue weighted by atomic mass is 35.5. The highest BCUT2D eigenvalue weighted by Crippen LogP contribution is 2.36. The van der Waals surface area contributed by atoms with Crippen LogP contribution in [0.2, 0.25) is 10.0 Å². The van der Waals surface area contributed by atoms with Crippen LogP contribution in [0.1, 0.15) is 43.5 Å². The van der Waals surface area contributed by atoms with Gasteiger partial charge in [0.05, 0.1) is 42.2 Å². The lowest BCUT2D eigenvalue weighted by molar-refractivity contribution is -0.139. The van der Waals surface area contributed by atoms with Crippen molar-refractivity contribution in [3.8, 4) is 11.5 Å². The first kappa shape index (κ1) is 31.7. The van der Waals surface area contributed by atoms with Gasteiger partial charge in [-0.2, -0.15) is 0 Å². The minimum absolute atomic E-state index is 0.185. The topological polar surface area (TPSA) is 84.1 Å². The number of carbonyl (C=O) groups excluding carboxylic acids is 1. The van der Waals surface area contributed by atoms with Gasteiger partial charge in [0, 0.05) is 39.3 Å². The monoisotopic (exact) mass is 675 g/mol. The Balaban J connectivity index is 1.52. The smallest absolute Gasteiger partial charge is 0.338 e. The van der Waals surface area contributed by atoms with Crippen LogP contribution in [0.5, 0.6) is 11.5 Å². The van der Waals surface area contributed by atoms with E-state index in [0.29, 0.717) is 60.9 Å². The zero-order valence-electron chi connectivity index (χ0n) is 25.7. The first-order chi connectivity index (χ1) is 22.2. The van der Waals surface area contributed by atoms with Gasteiger partial charge in [0.15, 0.2) is 16.3 Å². The molecule has 3 heterocycles. The molecule has 0 aliphatic carbocycles. The molecule has 0 bridgehead atoms. The minimum Gasteiger partial charge on any atom is -0.493 e. The van der Waals surface area contributed by atoms with Crippen LogP contribution >= 0.6 is 34.5 Å². The van der Waals surface area contributed by atoms with Gasteiger partial charge in [-0.15, -0.1) is 0 Å². The molecule has 236 valence electrons. The summed E-state index contributed by atoms with van der Waals surface area (Å²) in [6.45, 7) is 6.51. The number of para-hydroxylation sites is 1. The second kappa shape index (κ2) is 13.2. The molecule has 3 aromatic carbocycles. The van der Waals surface area contributed by atoms with Crippen LogP contribution in [-0.2, 0) is 16.1 Å². The number of halogens is 2. The zero-order chi connectivity index (χ0) is 32.5. The summed E-state index contributed by atoms with van der Waals surface area (Å²) in [4.78, 5) is 32.8. The Morgan fingerprint density at radius 1 is 1.04 bits per heavy atom. The van der Waals surface area contributed by atoms with Crippen LogP contribution in [-0.4, -0.2) is 35.4 Å². The van der Waals surface area contributed by atoms with Gasteiger partial charge < -0.3 is 18.8 Å². The first-order valence-corrected chi connectivity index (χ1v) is 16.3. The number of fused-ring (bicyclic) bond motifs is 2. The summed E-state index contributed by atoms with van der Waals surface area (Å²) in [6.07, 6.45) is 3.89. The van der Waals surface area contributed by atoms with Crippen molar-refractivity contribution in [2.45, 2.75) is 33.4 Å². The highest BCUT2D eigenvalue weighted by molar-refractivity contribution is 7.07. The number of methoxy groups -OCH3 is 1. The van der Waals surface area contributed by atoms with E-state index in [1.54, 1.807) is 43.7 Å². The first-order valence-electron chi connectivity index (χ1n) is 14.8. The van der Waals surface area contributed by atoms with E-state index in [-0.39, 0.29) is 12.2 Å². The van der Waals surface area contributed by atoms with Gasteiger partial charge in [-0.3, -0.25) is 9.36 Å². The highest BCUT2D eigenvalue weighted by Gasteiger charge is 2.34. The molecule has 1 aliphatic rings. The molecule has 8 nitrogen and oxygen atoms in total. The minimum atomic E-state index is -0.782. The fraction of sp³-hybridized carbons (Fsp3) is 0.229. The van der Waals surface area contributed by atoms with Crippen LogP contribution in [0, 0.1) is 0 Å². The molecule has 1 aliphatic heterocycles. The van der Waals surface area contributed by atoms with E-state index in [4.69, 9.17) is 42.4 Å². The standard InChI is InChI=1S/C35H31Cl2N3O5S/c1-5-44-29-15-21(12-14-28(29)43-4)32-31(34(42)45-6-2)20(3)38-35-40(32)33(41)30(46-35)16-23-19-39(27-10-8-7-9-25(23)27)18-22-11-13-24(36)17-26(22)37/h7-17,19,32H,5-6,18H2,1-4H3/b30-16-/t32-/m0/s1. The van der Waals surface area contributed by atoms with Crippen LogP contribution < -0.4 is 24.4 Å². The summed E-state index contributed by atoms with van der Waals surface area (Å²) in [5.74, 6) is 0.532. The number of aromatic nitrogens is 2. The molecule has 0 fully saturated rings. The van der Waals surface area contributed by atoms with Gasteiger partial charge in [-0.1, -0.05) is 64.9 Å². The SMILES string of the molecule is CCOC(=O)C1=C(C)N=c2s/c(=C\c3cn(Cc4ccc(Cl)cc4Cl)c4ccccc34)c(=O)n2[C@H]1c1ccc(OC)c(OCC)c1. The van der Waals surface area contributed by atoms with E-state index in [1.807, 2.05) is 61.7 Å². The Bertz CT molecular complexity index is 2200. The third kappa shape index (κ3) is 5.86. The Kier molecular flexibility index (Phi) is 9.08. The second-order valence-electron chi connectivity index (χ2n) is 10.6. The molecular formula is C35H31Cl2N3O5S. The number of benzene rings is 3. The Labute approximate surface area is 279 Å². The molecule has 1 atom stereocenters. The van der Waals surface area contributed by atoms with Crippen molar-refractivity contribution in [1.29, 1.82) is 0 Å². The van der Waals surface area contributed by atoms with Crippen LogP contribution in [0.3, 0.4) is 0 Å². The molecular weight excluding hydrogens is 645 g/mol. The molecule has 2 aromatic heterocycles. The maximum Gasteiger partial charge on any atom is 0.338 e. The van der Waals surface area contributed by atoms with Gasteiger partial charge in [-0.05, 0) is 68.3 Å². The van der Waals surface area contributed by atoms with E-state index in [0.717, 1.165) is 22.0 Å². The number of nitrogens with zero attached hydrogens (tertiary/aromatic N) is 3. The summed E-state index contributed by atoms with van der Waals surface area (Å²) in [5.41, 5.74) is 3.97. The lowest BCUT2D eigenvalue weighted by Crippen LogP contribution is -2.40. The van der Waals surface area contributed by atoms with Crippen molar-refractivity contribution in [2.24, 2.45) is 4.99 Å². The molecule has 0 saturated carbocycles. The van der Waals surface area contributed by atoms with E-state index >= 15 is 0 Å². The summed E-state index contributed by atoms with van der Waals surface area (Å²) in [6, 6.07) is 18.1. The third-order valence-corrected chi connectivity index (χ3v) is 9.35. The predicted octanol–water partition coefficient (Wildman–Crippen LogP) is 6.52. The van der Waals surface area contributed by atoms with Crippen molar-refractivity contribution < 1.29 is 19.0 Å².